The number of aliphatic hydroxyl groups excluding tert-OH is 7. The van der Waals surface area contributed by atoms with Crippen LogP contribution in [-0.4, -0.2) is 110 Å². The Balaban J connectivity index is 2.10. The molecule has 0 aliphatic carbocycles. The molecule has 96 heavy (non-hydrogen) atoms. The minimum atomic E-state index is -1.66. The van der Waals surface area contributed by atoms with Crippen molar-refractivity contribution >= 4 is 5.91 Å². The third kappa shape index (κ3) is 59.2. The van der Waals surface area contributed by atoms with Gasteiger partial charge in [0.15, 0.2) is 6.29 Å². The van der Waals surface area contributed by atoms with Gasteiger partial charge in [-0.05, 0) is 44.9 Å². The zero-order chi connectivity index (χ0) is 69.5. The summed E-state index contributed by atoms with van der Waals surface area (Å²) in [5.74, 6) is -0.688. The lowest BCUT2D eigenvalue weighted by atomic mass is 9.98. The first-order valence-electron chi connectivity index (χ1n) is 42.7. The molecule has 1 aliphatic heterocycles. The van der Waals surface area contributed by atoms with E-state index in [1.807, 2.05) is 0 Å². The van der Waals surface area contributed by atoms with Crippen molar-refractivity contribution < 1.29 is 50.0 Å². The lowest BCUT2D eigenvalue weighted by Crippen LogP contribution is -2.60. The molecule has 0 aromatic carbocycles. The summed E-state index contributed by atoms with van der Waals surface area (Å²) in [4.78, 5) is 13.3. The second kappa shape index (κ2) is 73.3. The van der Waals surface area contributed by atoms with Crippen molar-refractivity contribution in [3.63, 3.8) is 0 Å². The van der Waals surface area contributed by atoms with Gasteiger partial charge in [0.25, 0.3) is 0 Å². The Bertz CT molecular complexity index is 1610. The maximum absolute atomic E-state index is 13.3. The lowest BCUT2D eigenvalue weighted by molar-refractivity contribution is -0.303. The summed E-state index contributed by atoms with van der Waals surface area (Å²) >= 11 is 0. The van der Waals surface area contributed by atoms with E-state index in [0.29, 0.717) is 19.3 Å². The summed E-state index contributed by atoms with van der Waals surface area (Å²) in [6.45, 7) is 3.54. The molecule has 0 spiro atoms. The van der Waals surface area contributed by atoms with E-state index in [4.69, 9.17) is 9.47 Å². The third-order valence-electron chi connectivity index (χ3n) is 21.0. The predicted octanol–water partition coefficient (Wildman–Crippen LogP) is 22.7. The second-order valence-corrected chi connectivity index (χ2v) is 30.3. The largest absolute Gasteiger partial charge is 0.394 e. The van der Waals surface area contributed by atoms with Crippen molar-refractivity contribution in [2.75, 3.05) is 13.2 Å². The fourth-order valence-electron chi connectivity index (χ4n) is 14.2. The van der Waals surface area contributed by atoms with Crippen LogP contribution in [0.4, 0.5) is 0 Å². The number of carbonyl (C=O) groups excluding carboxylic acids is 1. The highest BCUT2D eigenvalue weighted by atomic mass is 16.7. The highest BCUT2D eigenvalue weighted by Crippen LogP contribution is 2.25. The molecule has 1 amide bonds. The fourth-order valence-corrected chi connectivity index (χ4v) is 14.2. The molecular weight excluding hydrogens is 1190 g/mol. The first-order chi connectivity index (χ1) is 47.2. The number of rotatable bonds is 77. The summed E-state index contributed by atoms with van der Waals surface area (Å²) < 4.78 is 11.2. The van der Waals surface area contributed by atoms with E-state index < -0.39 is 74.2 Å². The molecule has 1 saturated heterocycles. The van der Waals surface area contributed by atoms with Crippen molar-refractivity contribution in [3.8, 4) is 0 Å². The summed E-state index contributed by atoms with van der Waals surface area (Å²) in [6.07, 6.45) is 84.6. The number of amides is 1. The number of nitrogens with one attached hydrogen (secondary N) is 1. The number of ether oxygens (including phenoxy) is 2. The van der Waals surface area contributed by atoms with Gasteiger partial charge in [0.05, 0.1) is 25.4 Å². The van der Waals surface area contributed by atoms with E-state index in [9.17, 15) is 40.5 Å². The molecule has 570 valence electrons. The van der Waals surface area contributed by atoms with Crippen LogP contribution in [0.3, 0.4) is 0 Å². The Morgan fingerprint density at radius 2 is 0.635 bits per heavy atom. The molecule has 9 atom stereocenters. The van der Waals surface area contributed by atoms with E-state index in [0.717, 1.165) is 44.9 Å². The predicted molar refractivity (Wildman–Crippen MR) is 409 cm³/mol. The summed E-state index contributed by atoms with van der Waals surface area (Å²) in [6, 6.07) is -1.17. The minimum Gasteiger partial charge on any atom is -0.394 e. The molecule has 0 saturated carbocycles. The van der Waals surface area contributed by atoms with Gasteiger partial charge in [0.2, 0.25) is 5.91 Å². The highest BCUT2D eigenvalue weighted by molar-refractivity contribution is 5.80. The Kier molecular flexibility index (Phi) is 70.7. The van der Waals surface area contributed by atoms with E-state index in [-0.39, 0.29) is 6.42 Å². The van der Waals surface area contributed by atoms with Gasteiger partial charge in [0, 0.05) is 0 Å². The molecule has 0 aromatic rings. The van der Waals surface area contributed by atoms with Crippen molar-refractivity contribution in [3.05, 3.63) is 24.3 Å². The smallest absolute Gasteiger partial charge is 0.249 e. The number of aliphatic hydroxyl groups is 7. The van der Waals surface area contributed by atoms with Crippen molar-refractivity contribution in [1.82, 2.24) is 5.32 Å². The topological polar surface area (TPSA) is 189 Å². The van der Waals surface area contributed by atoms with Gasteiger partial charge in [-0.2, -0.15) is 0 Å². The Morgan fingerprint density at radius 3 is 0.927 bits per heavy atom. The molecule has 0 aromatic heterocycles. The van der Waals surface area contributed by atoms with Gasteiger partial charge < -0.3 is 50.5 Å². The van der Waals surface area contributed by atoms with Crippen LogP contribution in [0.1, 0.15) is 444 Å². The van der Waals surface area contributed by atoms with Gasteiger partial charge in [-0.15, -0.1) is 0 Å². The highest BCUT2D eigenvalue weighted by Gasteiger charge is 2.44. The van der Waals surface area contributed by atoms with Gasteiger partial charge in [-0.3, -0.25) is 4.79 Å². The van der Waals surface area contributed by atoms with Crippen molar-refractivity contribution in [2.45, 2.75) is 499 Å². The first kappa shape index (κ1) is 92.6. The third-order valence-corrected chi connectivity index (χ3v) is 21.0. The summed E-state index contributed by atoms with van der Waals surface area (Å²) in [7, 11) is 0. The van der Waals surface area contributed by atoms with E-state index in [1.165, 1.54) is 360 Å². The Labute approximate surface area is 595 Å². The average molecular weight is 1360 g/mol. The fraction of sp³-hybridized carbons (Fsp3) is 0.941. The van der Waals surface area contributed by atoms with E-state index in [2.05, 4.69) is 43.5 Å². The van der Waals surface area contributed by atoms with E-state index >= 15 is 0 Å². The maximum atomic E-state index is 13.3. The average Bonchev–Trinajstić information content (AvgIpc) is 0.847. The number of unbranched alkanes of at least 4 members (excludes halogenated alkanes) is 61. The second-order valence-electron chi connectivity index (χ2n) is 30.3. The monoisotopic (exact) mass is 1360 g/mol. The van der Waals surface area contributed by atoms with Gasteiger partial charge >= 0.3 is 0 Å². The SMILES string of the molecule is CCCCCCCCCCCCCCCCC/C=C\C/C=C\CCCCCCCCCCCCCCCCCCC(O)C(=O)NC(COC1OC(CO)C(O)C(O)C1O)C(O)C(O)CCCCCCCCCCCCCCCCCCCCCCCCCCCCCCCCC. The molecule has 11 heteroatoms. The van der Waals surface area contributed by atoms with Gasteiger partial charge in [0.1, 0.15) is 36.6 Å². The standard InChI is InChI=1S/C85H165NO10/c1-3-5-7-9-11-13-15-17-19-21-23-25-27-29-31-33-35-36-37-38-39-40-41-43-45-47-49-51-53-55-57-59-61-63-65-67-69-71-73-78(89)84(94)86-76(75-95-85-83(93)82(92)81(91)79(74-87)96-85)80(90)77(88)72-70-68-66-64-62-60-58-56-54-52-50-48-46-44-42-34-32-30-28-26-24-22-20-18-16-14-12-10-8-6-4-2/h35-36,38-39,76-83,85,87-93H,3-34,37,40-75H2,1-2H3,(H,86,94)/b36-35-,39-38-. The molecule has 1 fully saturated rings. The molecule has 1 rings (SSSR count). The normalized spacial score (nSPS) is 18.1. The molecular formula is C85H165NO10. The number of allylic oxidation sites excluding steroid dienone is 4. The first-order valence-corrected chi connectivity index (χ1v) is 42.7. The number of hydrogen-bond donors (Lipinski definition) is 8. The number of hydrogen-bond acceptors (Lipinski definition) is 10. The van der Waals surface area contributed by atoms with E-state index in [1.54, 1.807) is 0 Å². The van der Waals surface area contributed by atoms with Crippen molar-refractivity contribution in [1.29, 1.82) is 0 Å². The molecule has 8 N–H and O–H groups in total. The Morgan fingerprint density at radius 1 is 0.365 bits per heavy atom. The molecule has 0 bridgehead atoms. The van der Waals surface area contributed by atoms with Crippen LogP contribution in [0, 0.1) is 0 Å². The van der Waals surface area contributed by atoms with Gasteiger partial charge in [-0.1, -0.05) is 423 Å². The summed E-state index contributed by atoms with van der Waals surface area (Å²) in [5.41, 5.74) is 0. The quantitative estimate of drug-likeness (QED) is 0.0215. The lowest BCUT2D eigenvalue weighted by Gasteiger charge is -2.40. The molecule has 1 heterocycles. The molecule has 0 radical (unpaired) electrons. The van der Waals surface area contributed by atoms with Crippen LogP contribution in [-0.2, 0) is 14.3 Å². The Hall–Kier alpha value is -1.41. The minimum absolute atomic E-state index is 0.263. The molecule has 9 unspecified atom stereocenters. The maximum Gasteiger partial charge on any atom is 0.249 e. The van der Waals surface area contributed by atoms with Crippen molar-refractivity contribution in [2.24, 2.45) is 0 Å². The van der Waals surface area contributed by atoms with Crippen LogP contribution in [0.25, 0.3) is 0 Å². The zero-order valence-corrected chi connectivity index (χ0v) is 63.7. The van der Waals surface area contributed by atoms with Crippen LogP contribution >= 0.6 is 0 Å². The summed E-state index contributed by atoms with van der Waals surface area (Å²) in [5, 5.41) is 76.9. The van der Waals surface area contributed by atoms with Crippen LogP contribution in [0.5, 0.6) is 0 Å². The zero-order valence-electron chi connectivity index (χ0n) is 63.7. The molecule has 1 aliphatic rings. The van der Waals surface area contributed by atoms with Crippen LogP contribution in [0.15, 0.2) is 24.3 Å². The van der Waals surface area contributed by atoms with Gasteiger partial charge in [-0.25, -0.2) is 0 Å². The van der Waals surface area contributed by atoms with Crippen LogP contribution in [0.2, 0.25) is 0 Å². The number of carbonyl (C=O) groups is 1. The van der Waals surface area contributed by atoms with Crippen LogP contribution < -0.4 is 5.32 Å². The molecule has 11 nitrogen and oxygen atoms in total.